The normalized spacial score (nSPS) is 25.8. The van der Waals surface area contributed by atoms with Gasteiger partial charge in [-0.3, -0.25) is 4.70 Å². The SMILES string of the molecule is [N-]=[N+]1C2=C3c4ccc(Cl)cc4CCC3CCC21S(=O)(=O)c1cc(Cl)ccc1Cl. The van der Waals surface area contributed by atoms with Crippen molar-refractivity contribution >= 4 is 50.2 Å². The van der Waals surface area contributed by atoms with Gasteiger partial charge in [-0.05, 0) is 66.6 Å². The number of aryl methyl sites for hydroxylation is 1. The van der Waals surface area contributed by atoms with Crippen molar-refractivity contribution in [3.63, 3.8) is 0 Å². The van der Waals surface area contributed by atoms with Crippen LogP contribution in [0.3, 0.4) is 0 Å². The van der Waals surface area contributed by atoms with Gasteiger partial charge in [-0.25, -0.2) is 8.42 Å². The van der Waals surface area contributed by atoms with Gasteiger partial charge < -0.3 is 5.53 Å². The Labute approximate surface area is 178 Å². The van der Waals surface area contributed by atoms with E-state index in [0.717, 1.165) is 34.2 Å². The average Bonchev–Trinajstić information content (AvgIpc) is 3.30. The minimum absolute atomic E-state index is 0.0538. The zero-order valence-electron chi connectivity index (χ0n) is 14.6. The van der Waals surface area contributed by atoms with Crippen molar-refractivity contribution in [2.75, 3.05) is 0 Å². The van der Waals surface area contributed by atoms with Gasteiger partial charge in [-0.2, -0.15) is 0 Å². The molecule has 0 N–H and O–H groups in total. The van der Waals surface area contributed by atoms with E-state index in [-0.39, 0.29) is 20.9 Å². The van der Waals surface area contributed by atoms with E-state index in [9.17, 15) is 13.9 Å². The van der Waals surface area contributed by atoms with Gasteiger partial charge >= 0.3 is 4.87 Å². The average molecular weight is 454 g/mol. The number of halogens is 3. The molecule has 5 rings (SSSR count). The lowest BCUT2D eigenvalue weighted by molar-refractivity contribution is -0.374. The Morgan fingerprint density at radius 3 is 2.54 bits per heavy atom. The molecule has 8 heteroatoms. The first-order chi connectivity index (χ1) is 13.3. The van der Waals surface area contributed by atoms with E-state index in [1.807, 2.05) is 12.1 Å². The fraction of sp³-hybridized carbons (Fsp3) is 0.300. The molecule has 4 nitrogen and oxygen atoms in total. The Balaban J connectivity index is 1.73. The van der Waals surface area contributed by atoms with Gasteiger partial charge in [0.05, 0.1) is 9.92 Å². The monoisotopic (exact) mass is 452 g/mol. The minimum atomic E-state index is -3.98. The van der Waals surface area contributed by atoms with Crippen LogP contribution in [0.5, 0.6) is 0 Å². The van der Waals surface area contributed by atoms with Crippen molar-refractivity contribution in [3.05, 3.63) is 73.8 Å². The van der Waals surface area contributed by atoms with Crippen LogP contribution in [-0.2, 0) is 16.3 Å². The lowest BCUT2D eigenvalue weighted by Crippen LogP contribution is -2.31. The highest BCUT2D eigenvalue weighted by atomic mass is 35.5. The van der Waals surface area contributed by atoms with Crippen molar-refractivity contribution in [2.45, 2.75) is 35.4 Å². The number of hydrogen-bond acceptors (Lipinski definition) is 2. The highest BCUT2D eigenvalue weighted by molar-refractivity contribution is 7.93. The summed E-state index contributed by atoms with van der Waals surface area (Å²) in [6, 6.07) is 10.0. The lowest BCUT2D eigenvalue weighted by atomic mass is 9.74. The van der Waals surface area contributed by atoms with Crippen LogP contribution in [0.4, 0.5) is 0 Å². The van der Waals surface area contributed by atoms with E-state index in [1.165, 1.54) is 12.1 Å². The van der Waals surface area contributed by atoms with Crippen molar-refractivity contribution in [1.29, 1.82) is 0 Å². The molecule has 2 aromatic carbocycles. The van der Waals surface area contributed by atoms with E-state index in [4.69, 9.17) is 34.8 Å². The summed E-state index contributed by atoms with van der Waals surface area (Å²) in [5.41, 5.74) is 14.2. The third-order valence-corrected chi connectivity index (χ3v) is 9.40. The summed E-state index contributed by atoms with van der Waals surface area (Å²) in [6.07, 6.45) is 2.80. The molecule has 0 bridgehead atoms. The fourth-order valence-electron chi connectivity index (χ4n) is 4.75. The molecule has 2 aromatic rings. The number of hydrogen-bond donors (Lipinski definition) is 0. The molecule has 0 radical (unpaired) electrons. The summed E-state index contributed by atoms with van der Waals surface area (Å²) in [5, 5.41) is 1.03. The number of allylic oxidation sites excluding steroid dienone is 1. The molecular weight excluding hydrogens is 439 g/mol. The predicted octanol–water partition coefficient (Wildman–Crippen LogP) is 5.93. The van der Waals surface area contributed by atoms with Crippen LogP contribution in [0, 0.1) is 5.92 Å². The molecule has 0 saturated carbocycles. The van der Waals surface area contributed by atoms with E-state index in [0.29, 0.717) is 23.6 Å². The zero-order chi connectivity index (χ0) is 19.8. The summed E-state index contributed by atoms with van der Waals surface area (Å²) in [4.78, 5) is -1.52. The van der Waals surface area contributed by atoms with E-state index < -0.39 is 14.7 Å². The molecule has 2 atom stereocenters. The first-order valence-electron chi connectivity index (χ1n) is 8.99. The summed E-state index contributed by atoms with van der Waals surface area (Å²) in [7, 11) is -3.98. The minimum Gasteiger partial charge on any atom is -0.498 e. The fourth-order valence-corrected chi connectivity index (χ4v) is 7.69. The standard InChI is InChI=1S/C20H15Cl3N2O2S/c21-13-3-5-15-12(9-13)2-1-11-7-8-20(19(18(11)15)25(20)24)28(26,27)17-10-14(22)4-6-16(17)23/h3-6,9-11H,1-2,7-8H2. The van der Waals surface area contributed by atoms with Crippen molar-refractivity contribution < 1.29 is 13.1 Å². The third-order valence-electron chi connectivity index (χ3n) is 6.12. The Hall–Kier alpha value is -1.40. The zero-order valence-corrected chi connectivity index (χ0v) is 17.7. The van der Waals surface area contributed by atoms with Crippen molar-refractivity contribution in [3.8, 4) is 0 Å². The Morgan fingerprint density at radius 2 is 1.75 bits per heavy atom. The summed E-state index contributed by atoms with van der Waals surface area (Å²) in [6.45, 7) is 0. The predicted molar refractivity (Wildman–Crippen MR) is 109 cm³/mol. The molecule has 0 aromatic heterocycles. The van der Waals surface area contributed by atoms with E-state index >= 15 is 0 Å². The molecule has 1 saturated heterocycles. The van der Waals surface area contributed by atoms with Crippen LogP contribution in [0.15, 0.2) is 47.0 Å². The first kappa shape index (κ1) is 18.6. The first-order valence-corrected chi connectivity index (χ1v) is 11.6. The molecule has 1 aliphatic heterocycles. The molecule has 1 fully saturated rings. The number of rotatable bonds is 2. The van der Waals surface area contributed by atoms with Gasteiger partial charge in [-0.1, -0.05) is 40.9 Å². The van der Waals surface area contributed by atoms with Gasteiger partial charge in [0.15, 0.2) is 0 Å². The van der Waals surface area contributed by atoms with Crippen LogP contribution in [0.1, 0.15) is 30.4 Å². The van der Waals surface area contributed by atoms with Gasteiger partial charge in [0.2, 0.25) is 0 Å². The van der Waals surface area contributed by atoms with Crippen LogP contribution in [0.25, 0.3) is 11.1 Å². The van der Waals surface area contributed by atoms with E-state index in [2.05, 4.69) is 0 Å². The molecule has 3 aliphatic rings. The largest absolute Gasteiger partial charge is 0.498 e. The molecule has 2 unspecified atom stereocenters. The molecule has 0 amide bonds. The smallest absolute Gasteiger partial charge is 0.344 e. The number of fused-ring (bicyclic) bond motifs is 4. The van der Waals surface area contributed by atoms with Gasteiger partial charge in [0.1, 0.15) is 0 Å². The second kappa shape index (κ2) is 6.05. The van der Waals surface area contributed by atoms with Crippen LogP contribution in [0.2, 0.25) is 15.1 Å². The molecule has 2 aliphatic carbocycles. The highest BCUT2D eigenvalue weighted by Crippen LogP contribution is 2.62. The van der Waals surface area contributed by atoms with Gasteiger partial charge in [0, 0.05) is 22.0 Å². The molecule has 1 heterocycles. The maximum atomic E-state index is 13.6. The molecular formula is C20H15Cl3N2O2S. The second-order valence-electron chi connectivity index (χ2n) is 7.51. The van der Waals surface area contributed by atoms with Crippen LogP contribution in [-0.4, -0.2) is 18.0 Å². The Kier molecular flexibility index (Phi) is 4.02. The summed E-state index contributed by atoms with van der Waals surface area (Å²) >= 11 is 18.4. The lowest BCUT2D eigenvalue weighted by Gasteiger charge is -2.28. The molecule has 0 spiro atoms. The van der Waals surface area contributed by atoms with Gasteiger partial charge in [0.25, 0.3) is 15.5 Å². The molecule has 144 valence electrons. The van der Waals surface area contributed by atoms with Gasteiger partial charge in [-0.15, -0.1) is 0 Å². The highest BCUT2D eigenvalue weighted by Gasteiger charge is 2.77. The quantitative estimate of drug-likeness (QED) is 0.418. The molecule has 28 heavy (non-hydrogen) atoms. The van der Waals surface area contributed by atoms with E-state index in [1.54, 1.807) is 12.1 Å². The van der Waals surface area contributed by atoms with Crippen molar-refractivity contribution in [2.24, 2.45) is 5.92 Å². The maximum absolute atomic E-state index is 13.6. The summed E-state index contributed by atoms with van der Waals surface area (Å²) in [5.74, 6) is 0.221. The Bertz CT molecular complexity index is 1210. The Morgan fingerprint density at radius 1 is 1.04 bits per heavy atom. The topological polar surface area (TPSA) is 59.5 Å². The third kappa shape index (κ3) is 2.34. The summed E-state index contributed by atoms with van der Waals surface area (Å²) < 4.78 is 28.1. The van der Waals surface area contributed by atoms with Crippen LogP contribution < -0.4 is 0 Å². The number of nitrogens with zero attached hydrogens (tertiary/aromatic N) is 2. The van der Waals surface area contributed by atoms with Crippen LogP contribution >= 0.6 is 34.8 Å². The second-order valence-corrected chi connectivity index (χ2v) is 10.9. The van der Waals surface area contributed by atoms with Crippen molar-refractivity contribution in [1.82, 2.24) is 0 Å². The maximum Gasteiger partial charge on any atom is 0.344 e. The number of sulfone groups is 1. The number of benzene rings is 2.